The topological polar surface area (TPSA) is 46.6 Å². The van der Waals surface area contributed by atoms with Gasteiger partial charge in [-0.15, -0.1) is 0 Å². The van der Waals surface area contributed by atoms with Crippen molar-refractivity contribution in [1.82, 2.24) is 4.90 Å². The monoisotopic (exact) mass is 243 g/mol. The summed E-state index contributed by atoms with van der Waals surface area (Å²) in [6, 6.07) is 0. The van der Waals surface area contributed by atoms with Gasteiger partial charge in [0.1, 0.15) is 11.4 Å². The molecule has 0 unspecified atom stereocenters. The maximum Gasteiger partial charge on any atom is 0.410 e. The highest BCUT2D eigenvalue weighted by atomic mass is 16.6. The molecule has 17 heavy (non-hydrogen) atoms. The zero-order valence-electron chi connectivity index (χ0n) is 12.1. The third kappa shape index (κ3) is 7.77. The molecule has 0 N–H and O–H groups in total. The van der Waals surface area contributed by atoms with Crippen molar-refractivity contribution in [2.24, 2.45) is 5.41 Å². The average molecular weight is 243 g/mol. The minimum absolute atomic E-state index is 0.132. The Bertz CT molecular complexity index is 290. The molecule has 0 aliphatic heterocycles. The molecule has 0 spiro atoms. The Morgan fingerprint density at radius 1 is 1.12 bits per heavy atom. The van der Waals surface area contributed by atoms with Crippen LogP contribution in [0.5, 0.6) is 0 Å². The number of amides is 1. The average Bonchev–Trinajstić information content (AvgIpc) is 1.96. The van der Waals surface area contributed by atoms with Gasteiger partial charge in [0, 0.05) is 20.0 Å². The van der Waals surface area contributed by atoms with Crippen molar-refractivity contribution in [3.05, 3.63) is 0 Å². The highest BCUT2D eigenvalue weighted by Crippen LogP contribution is 2.22. The fraction of sp³-hybridized carbons (Fsp3) is 0.846. The van der Waals surface area contributed by atoms with Crippen LogP contribution in [-0.4, -0.2) is 36.0 Å². The number of hydrogen-bond donors (Lipinski definition) is 0. The first-order valence-corrected chi connectivity index (χ1v) is 5.86. The van der Waals surface area contributed by atoms with Gasteiger partial charge in [-0.1, -0.05) is 13.8 Å². The van der Waals surface area contributed by atoms with Crippen LogP contribution in [0, 0.1) is 5.41 Å². The molecule has 0 atom stereocenters. The molecule has 0 radical (unpaired) electrons. The van der Waals surface area contributed by atoms with Gasteiger partial charge in [0.2, 0.25) is 0 Å². The highest BCUT2D eigenvalue weighted by molar-refractivity contribution is 5.76. The summed E-state index contributed by atoms with van der Waals surface area (Å²) in [5.41, 5.74) is -0.715. The molecule has 0 fully saturated rings. The molecule has 0 aromatic rings. The minimum atomic E-state index is -0.490. The Morgan fingerprint density at radius 2 is 1.59 bits per heavy atom. The maximum atomic E-state index is 11.7. The summed E-state index contributed by atoms with van der Waals surface area (Å²) < 4.78 is 5.25. The smallest absolute Gasteiger partial charge is 0.410 e. The van der Waals surface area contributed by atoms with Crippen molar-refractivity contribution in [3.8, 4) is 0 Å². The van der Waals surface area contributed by atoms with E-state index in [2.05, 4.69) is 0 Å². The quantitative estimate of drug-likeness (QED) is 0.762. The van der Waals surface area contributed by atoms with Crippen LogP contribution in [0.3, 0.4) is 0 Å². The fourth-order valence-electron chi connectivity index (χ4n) is 1.78. The van der Waals surface area contributed by atoms with E-state index in [0.717, 1.165) is 0 Å². The van der Waals surface area contributed by atoms with E-state index in [4.69, 9.17) is 4.74 Å². The Kier molecular flexibility index (Phi) is 5.17. The van der Waals surface area contributed by atoms with E-state index < -0.39 is 5.60 Å². The molecule has 0 saturated carbocycles. The second-order valence-electron chi connectivity index (χ2n) is 6.38. The fourth-order valence-corrected chi connectivity index (χ4v) is 1.78. The Hall–Kier alpha value is -1.06. The lowest BCUT2D eigenvalue weighted by Crippen LogP contribution is -2.40. The predicted molar refractivity (Wildman–Crippen MR) is 67.9 cm³/mol. The lowest BCUT2D eigenvalue weighted by atomic mass is 9.87. The molecule has 0 rings (SSSR count). The van der Waals surface area contributed by atoms with E-state index in [0.29, 0.717) is 13.0 Å². The molecule has 1 amide bonds. The highest BCUT2D eigenvalue weighted by Gasteiger charge is 2.26. The SMILES string of the molecule is CC(=O)CC(C)(C)CN(C)C(=O)OC(C)(C)C. The van der Waals surface area contributed by atoms with Gasteiger partial charge in [-0.25, -0.2) is 4.79 Å². The number of carbonyl (C=O) groups is 2. The van der Waals surface area contributed by atoms with Crippen LogP contribution in [0.25, 0.3) is 0 Å². The summed E-state index contributed by atoms with van der Waals surface area (Å²) in [6.07, 6.45) is 0.106. The van der Waals surface area contributed by atoms with Gasteiger partial charge in [0.25, 0.3) is 0 Å². The van der Waals surface area contributed by atoms with E-state index in [9.17, 15) is 9.59 Å². The lowest BCUT2D eigenvalue weighted by Gasteiger charge is -2.31. The van der Waals surface area contributed by atoms with Gasteiger partial charge >= 0.3 is 6.09 Å². The van der Waals surface area contributed by atoms with Crippen molar-refractivity contribution >= 4 is 11.9 Å². The standard InChI is InChI=1S/C13H25NO3/c1-10(15)8-13(5,6)9-14(7)11(16)17-12(2,3)4/h8-9H2,1-7H3. The number of Topliss-reactive ketones (excluding diaryl/α,β-unsaturated/α-hetero) is 1. The summed E-state index contributed by atoms with van der Waals surface area (Å²) in [5.74, 6) is 0.132. The zero-order chi connectivity index (χ0) is 13.9. The van der Waals surface area contributed by atoms with Crippen molar-refractivity contribution < 1.29 is 14.3 Å². The zero-order valence-corrected chi connectivity index (χ0v) is 12.1. The van der Waals surface area contributed by atoms with Crippen LogP contribution in [-0.2, 0) is 9.53 Å². The molecule has 0 heterocycles. The third-order valence-electron chi connectivity index (χ3n) is 2.10. The van der Waals surface area contributed by atoms with Gasteiger partial charge in [-0.3, -0.25) is 0 Å². The van der Waals surface area contributed by atoms with Crippen LogP contribution >= 0.6 is 0 Å². The molecular formula is C13H25NO3. The third-order valence-corrected chi connectivity index (χ3v) is 2.10. The van der Waals surface area contributed by atoms with Gasteiger partial charge in [-0.2, -0.15) is 0 Å². The molecule has 4 heteroatoms. The van der Waals surface area contributed by atoms with E-state index in [1.54, 1.807) is 14.0 Å². The van der Waals surface area contributed by atoms with Crippen LogP contribution in [0.15, 0.2) is 0 Å². The van der Waals surface area contributed by atoms with Crippen molar-refractivity contribution in [3.63, 3.8) is 0 Å². The molecule has 0 aromatic carbocycles. The van der Waals surface area contributed by atoms with E-state index in [1.165, 1.54) is 4.90 Å². The van der Waals surface area contributed by atoms with Crippen LogP contribution in [0.1, 0.15) is 48.0 Å². The summed E-state index contributed by atoms with van der Waals surface area (Å²) in [7, 11) is 1.69. The summed E-state index contributed by atoms with van der Waals surface area (Å²) in [5, 5.41) is 0. The normalized spacial score (nSPS) is 12.2. The molecule has 0 aromatic heterocycles. The predicted octanol–water partition coefficient (Wildman–Crippen LogP) is 2.86. The Labute approximate surface area is 104 Å². The number of ether oxygens (including phenoxy) is 1. The number of carbonyl (C=O) groups excluding carboxylic acids is 2. The van der Waals surface area contributed by atoms with Crippen LogP contribution < -0.4 is 0 Å². The Morgan fingerprint density at radius 3 is 1.94 bits per heavy atom. The maximum absolute atomic E-state index is 11.7. The van der Waals surface area contributed by atoms with Crippen LogP contribution in [0.4, 0.5) is 4.79 Å². The summed E-state index contributed by atoms with van der Waals surface area (Å²) in [6.45, 7) is 11.5. The molecule has 0 bridgehead atoms. The van der Waals surface area contributed by atoms with E-state index >= 15 is 0 Å². The number of rotatable bonds is 4. The van der Waals surface area contributed by atoms with E-state index in [-0.39, 0.29) is 17.3 Å². The van der Waals surface area contributed by atoms with Gasteiger partial charge in [-0.05, 0) is 33.1 Å². The molecular weight excluding hydrogens is 218 g/mol. The first-order chi connectivity index (χ1) is 7.43. The molecule has 100 valence electrons. The summed E-state index contributed by atoms with van der Waals surface area (Å²) >= 11 is 0. The number of nitrogens with zero attached hydrogens (tertiary/aromatic N) is 1. The van der Waals surface area contributed by atoms with Crippen molar-refractivity contribution in [1.29, 1.82) is 0 Å². The first-order valence-electron chi connectivity index (χ1n) is 5.86. The second kappa shape index (κ2) is 5.52. The summed E-state index contributed by atoms with van der Waals surface area (Å²) in [4.78, 5) is 24.4. The molecule has 0 aliphatic rings. The Balaban J connectivity index is 4.38. The molecule has 0 saturated heterocycles. The largest absolute Gasteiger partial charge is 0.444 e. The lowest BCUT2D eigenvalue weighted by molar-refractivity contribution is -0.119. The van der Waals surface area contributed by atoms with Crippen molar-refractivity contribution in [2.45, 2.75) is 53.6 Å². The molecule has 0 aliphatic carbocycles. The van der Waals surface area contributed by atoms with Gasteiger partial charge in [0.15, 0.2) is 0 Å². The van der Waals surface area contributed by atoms with Crippen molar-refractivity contribution in [2.75, 3.05) is 13.6 Å². The minimum Gasteiger partial charge on any atom is -0.444 e. The van der Waals surface area contributed by atoms with E-state index in [1.807, 2.05) is 34.6 Å². The molecule has 4 nitrogen and oxygen atoms in total. The number of ketones is 1. The number of hydrogen-bond acceptors (Lipinski definition) is 3. The van der Waals surface area contributed by atoms with Gasteiger partial charge < -0.3 is 14.4 Å². The second-order valence-corrected chi connectivity index (χ2v) is 6.38. The first kappa shape index (κ1) is 15.9. The van der Waals surface area contributed by atoms with Crippen LogP contribution in [0.2, 0.25) is 0 Å². The van der Waals surface area contributed by atoms with Gasteiger partial charge in [0.05, 0.1) is 0 Å².